The summed E-state index contributed by atoms with van der Waals surface area (Å²) in [7, 11) is 0. The lowest BCUT2D eigenvalue weighted by Crippen LogP contribution is -2.32. The fourth-order valence-electron chi connectivity index (χ4n) is 6.19. The van der Waals surface area contributed by atoms with E-state index in [1.807, 2.05) is 0 Å². The minimum absolute atomic E-state index is 0.755. The van der Waals surface area contributed by atoms with Crippen LogP contribution in [0.15, 0.2) is 0 Å². The minimum Gasteiger partial charge on any atom is -0.0819 e. The molecule has 0 bridgehead atoms. The van der Waals surface area contributed by atoms with Crippen LogP contribution >= 0.6 is 0 Å². The first kappa shape index (κ1) is 31.5. The topological polar surface area (TPSA) is 0 Å². The number of hydrogen-bond acceptors (Lipinski definition) is 0. The monoisotopic (exact) mass is 450 g/mol. The van der Waals surface area contributed by atoms with Crippen molar-refractivity contribution in [1.82, 2.24) is 0 Å². The van der Waals surface area contributed by atoms with E-state index in [2.05, 4.69) is 41.5 Å². The van der Waals surface area contributed by atoms with Gasteiger partial charge >= 0.3 is 0 Å². The lowest BCUT2D eigenvalue weighted by atomic mass is 10.1. The van der Waals surface area contributed by atoms with Gasteiger partial charge in [0.2, 0.25) is 0 Å². The lowest BCUT2D eigenvalue weighted by molar-refractivity contribution is 0.523. The molecule has 3 unspecified atom stereocenters. The van der Waals surface area contributed by atoms with Crippen molar-refractivity contribution in [2.24, 2.45) is 0 Å². The summed E-state index contributed by atoms with van der Waals surface area (Å²) in [5, 5.41) is 0. The van der Waals surface area contributed by atoms with Gasteiger partial charge in [0.15, 0.2) is 0 Å². The lowest BCUT2D eigenvalue weighted by Gasteiger charge is -2.35. The van der Waals surface area contributed by atoms with E-state index < -0.39 is 14.1 Å². The predicted octanol–water partition coefficient (Wildman–Crippen LogP) is 11.9. The Morgan fingerprint density at radius 3 is 0.839 bits per heavy atom. The Hall–Kier alpha value is 0.532. The number of hydrogen-bond donors (Lipinski definition) is 0. The zero-order chi connectivity index (χ0) is 23.2. The van der Waals surface area contributed by atoms with Gasteiger partial charge in [-0.3, -0.25) is 0 Å². The molecule has 0 saturated carbocycles. The Morgan fingerprint density at radius 2 is 0.613 bits per heavy atom. The van der Waals surface area contributed by atoms with Gasteiger partial charge in [0.05, 0.1) is 0 Å². The Bertz CT molecular complexity index is 287. The average molecular weight is 451 g/mol. The second-order valence-electron chi connectivity index (χ2n) is 10.7. The van der Waals surface area contributed by atoms with Crippen LogP contribution < -0.4 is 0 Å². The molecule has 0 heterocycles. The molecule has 0 aliphatic rings. The van der Waals surface area contributed by atoms with Crippen molar-refractivity contribution >= 4 is 14.1 Å². The third-order valence-corrected chi connectivity index (χ3v) is 13.9. The van der Waals surface area contributed by atoms with Crippen LogP contribution in [0.2, 0.25) is 14.3 Å². The zero-order valence-electron chi connectivity index (χ0n) is 23.2. The molecule has 0 radical (unpaired) electrons. The van der Waals surface area contributed by atoms with E-state index in [1.165, 1.54) is 116 Å². The van der Waals surface area contributed by atoms with E-state index in [0.717, 1.165) is 14.3 Å². The van der Waals surface area contributed by atoms with Crippen LogP contribution in [-0.4, -0.2) is 14.1 Å². The van der Waals surface area contributed by atoms with Crippen LogP contribution in [-0.2, 0) is 0 Å². The Labute approximate surface area is 204 Å². The van der Waals surface area contributed by atoms with Crippen LogP contribution in [0.25, 0.3) is 0 Å². The third-order valence-electron chi connectivity index (χ3n) is 8.24. The van der Waals surface area contributed by atoms with Crippen molar-refractivity contribution in [1.29, 1.82) is 0 Å². The van der Waals surface area contributed by atoms with Gasteiger partial charge in [0, 0.05) is 0 Å². The normalized spacial score (nSPS) is 14.5. The summed E-state index contributed by atoms with van der Waals surface area (Å²) in [6, 6.07) is 0. The molecule has 0 amide bonds. The maximum Gasteiger partial charge on any atom is 0.272 e. The van der Waals surface area contributed by atoms with E-state index in [9.17, 15) is 0 Å². The molecule has 0 aliphatic carbocycles. The van der Waals surface area contributed by atoms with Gasteiger partial charge in [-0.1, -0.05) is 191 Å². The number of unbranched alkanes of at least 4 members (excludes halogenated alkanes) is 12. The molecule has 0 nitrogen and oxygen atoms in total. The Kier molecular flexibility index (Phi) is 24.1. The van der Waals surface area contributed by atoms with Crippen molar-refractivity contribution < 1.29 is 0 Å². The summed E-state index contributed by atoms with van der Waals surface area (Å²) in [6.45, 7) is 14.7. The van der Waals surface area contributed by atoms with Crippen molar-refractivity contribution in [2.75, 3.05) is 0 Å². The van der Waals surface area contributed by atoms with Gasteiger partial charge in [-0.05, 0) is 0 Å². The molecule has 31 heavy (non-hydrogen) atoms. The molecule has 0 rings (SSSR count). The highest BCUT2D eigenvalue weighted by Gasteiger charge is 2.38. The fraction of sp³-hybridized carbons (Fsp3) is 1.00. The maximum atomic E-state index is 2.54. The fourth-order valence-corrected chi connectivity index (χ4v) is 12.0. The van der Waals surface area contributed by atoms with Crippen LogP contribution in [0.3, 0.4) is 0 Å². The second kappa shape index (κ2) is 23.7. The zero-order valence-corrected chi connectivity index (χ0v) is 24.3. The molecule has 0 N–H and O–H groups in total. The van der Waals surface area contributed by atoms with Gasteiger partial charge in [0.1, 0.15) is 0 Å². The molecule has 0 spiro atoms. The molecule has 186 valence electrons. The summed E-state index contributed by atoms with van der Waals surface area (Å²) < 4.78 is 3.34. The van der Waals surface area contributed by atoms with Gasteiger partial charge in [-0.2, -0.15) is 0 Å². The van der Waals surface area contributed by atoms with Crippen molar-refractivity contribution in [3.63, 3.8) is 0 Å². The summed E-state index contributed by atoms with van der Waals surface area (Å²) in [5.41, 5.74) is 0. The molecule has 0 aromatic rings. The summed E-state index contributed by atoms with van der Waals surface area (Å²) >= 11 is -0.755. The van der Waals surface area contributed by atoms with E-state index in [1.54, 1.807) is 19.3 Å². The van der Waals surface area contributed by atoms with Crippen LogP contribution in [0, 0.1) is 0 Å². The van der Waals surface area contributed by atoms with E-state index >= 15 is 0 Å². The third kappa shape index (κ3) is 15.9. The Morgan fingerprint density at radius 1 is 0.355 bits per heavy atom. The highest BCUT2D eigenvalue weighted by atomic mass is 27.2. The minimum atomic E-state index is -0.755. The molecule has 3 atom stereocenters. The Balaban J connectivity index is 5.04. The first-order valence-corrected chi connectivity index (χ1v) is 17.2. The van der Waals surface area contributed by atoms with Crippen molar-refractivity contribution in [3.05, 3.63) is 0 Å². The molecule has 1 heteroatoms. The molecular formula is C30H63Al. The SMILES string of the molecule is CCCCCCC[CH](CC)[Al]([CH](CC)CCCCCCC)[CH](CC)CCCCCCC. The van der Waals surface area contributed by atoms with Crippen LogP contribution in [0.4, 0.5) is 0 Å². The first-order chi connectivity index (χ1) is 15.2. The average Bonchev–Trinajstić information content (AvgIpc) is 2.79. The smallest absolute Gasteiger partial charge is 0.0819 e. The van der Waals surface area contributed by atoms with Crippen molar-refractivity contribution in [2.45, 2.75) is 191 Å². The standard InChI is InChI=1S/3C10H21.Al/c3*1-3-5-7-9-10-8-6-4-2;/h3*5H,3-4,6-10H2,1-2H3;. The second-order valence-corrected chi connectivity index (χ2v) is 14.7. The highest BCUT2D eigenvalue weighted by molar-refractivity contribution is 6.63. The molecule has 0 aromatic heterocycles. The molecule has 0 saturated heterocycles. The summed E-state index contributed by atoms with van der Waals surface area (Å²) in [6.07, 6.45) is 31.0. The highest BCUT2D eigenvalue weighted by Crippen LogP contribution is 2.44. The van der Waals surface area contributed by atoms with Gasteiger partial charge in [-0.25, -0.2) is 0 Å². The molecule has 0 fully saturated rings. The molecule has 0 aromatic carbocycles. The van der Waals surface area contributed by atoms with Crippen LogP contribution in [0.1, 0.15) is 176 Å². The maximum absolute atomic E-state index is 2.54. The quantitative estimate of drug-likeness (QED) is 0.101. The largest absolute Gasteiger partial charge is 0.272 e. The van der Waals surface area contributed by atoms with E-state index in [-0.39, 0.29) is 0 Å². The predicted molar refractivity (Wildman–Crippen MR) is 148 cm³/mol. The summed E-state index contributed by atoms with van der Waals surface area (Å²) in [5.74, 6) is 0. The van der Waals surface area contributed by atoms with Crippen molar-refractivity contribution in [3.8, 4) is 0 Å². The van der Waals surface area contributed by atoms with Gasteiger partial charge in [-0.15, -0.1) is 0 Å². The first-order valence-electron chi connectivity index (χ1n) is 15.2. The molecular weight excluding hydrogens is 387 g/mol. The van der Waals surface area contributed by atoms with Gasteiger partial charge < -0.3 is 0 Å². The van der Waals surface area contributed by atoms with Crippen LogP contribution in [0.5, 0.6) is 0 Å². The van der Waals surface area contributed by atoms with E-state index in [0.29, 0.717) is 0 Å². The van der Waals surface area contributed by atoms with Gasteiger partial charge in [0.25, 0.3) is 14.1 Å². The number of rotatable bonds is 24. The molecule has 0 aliphatic heterocycles. The summed E-state index contributed by atoms with van der Waals surface area (Å²) in [4.78, 5) is 0. The van der Waals surface area contributed by atoms with E-state index in [4.69, 9.17) is 0 Å².